The Balaban J connectivity index is 0.00000272. The average molecular weight is 544 g/mol. The van der Waals surface area contributed by atoms with Crippen molar-refractivity contribution in [2.24, 2.45) is 4.99 Å². The van der Waals surface area contributed by atoms with E-state index in [4.69, 9.17) is 14.2 Å². The second-order valence-corrected chi connectivity index (χ2v) is 8.41. The lowest BCUT2D eigenvalue weighted by molar-refractivity contribution is 0.0195. The monoisotopic (exact) mass is 544 g/mol. The minimum Gasteiger partial charge on any atom is -0.493 e. The molecule has 31 heavy (non-hydrogen) atoms. The zero-order valence-corrected chi connectivity index (χ0v) is 21.2. The zero-order valence-electron chi connectivity index (χ0n) is 18.8. The Hall–Kier alpha value is -1.26. The Labute approximate surface area is 203 Å². The average Bonchev–Trinajstić information content (AvgIpc) is 3.48. The summed E-state index contributed by atoms with van der Waals surface area (Å²) >= 11 is 0. The third-order valence-electron chi connectivity index (χ3n) is 6.54. The van der Waals surface area contributed by atoms with Gasteiger partial charge in [0.15, 0.2) is 17.5 Å². The largest absolute Gasteiger partial charge is 0.493 e. The van der Waals surface area contributed by atoms with Gasteiger partial charge in [0, 0.05) is 51.4 Å². The van der Waals surface area contributed by atoms with Crippen molar-refractivity contribution in [2.75, 3.05) is 53.6 Å². The summed E-state index contributed by atoms with van der Waals surface area (Å²) in [6.45, 7) is 6.50. The van der Waals surface area contributed by atoms with Crippen LogP contribution < -0.4 is 14.8 Å². The predicted octanol–water partition coefficient (Wildman–Crippen LogP) is 3.12. The zero-order chi connectivity index (χ0) is 20.8. The number of likely N-dealkylation sites (tertiary alicyclic amines) is 1. The fourth-order valence-corrected chi connectivity index (χ4v) is 4.85. The highest BCUT2D eigenvalue weighted by molar-refractivity contribution is 14.0. The normalized spacial score (nSPS) is 23.0. The minimum absolute atomic E-state index is 0. The van der Waals surface area contributed by atoms with E-state index in [1.165, 1.54) is 19.3 Å². The van der Waals surface area contributed by atoms with Crippen molar-refractivity contribution in [3.8, 4) is 11.5 Å². The standard InChI is InChI=1S/C23H36N4O3.HI/c1-24-23(27-11-10-19(17-27)26-12-14-29-15-13-26)25-16-18-6-5-9-21(28-2)22(18)30-20-7-3-4-8-20;/h5-6,9,19-20H,3-4,7-8,10-17H2,1-2H3,(H,24,25);1H. The van der Waals surface area contributed by atoms with Gasteiger partial charge >= 0.3 is 0 Å². The van der Waals surface area contributed by atoms with Crippen LogP contribution in [0.1, 0.15) is 37.7 Å². The van der Waals surface area contributed by atoms with E-state index in [1.807, 2.05) is 19.2 Å². The molecule has 2 aliphatic heterocycles. The van der Waals surface area contributed by atoms with E-state index in [9.17, 15) is 0 Å². The van der Waals surface area contributed by atoms with Gasteiger partial charge in [-0.2, -0.15) is 0 Å². The van der Waals surface area contributed by atoms with Gasteiger partial charge in [-0.05, 0) is 38.2 Å². The van der Waals surface area contributed by atoms with E-state index >= 15 is 0 Å². The Bertz CT molecular complexity index is 721. The molecule has 1 saturated carbocycles. The van der Waals surface area contributed by atoms with Crippen LogP contribution in [0.4, 0.5) is 0 Å². The third-order valence-corrected chi connectivity index (χ3v) is 6.54. The molecule has 1 atom stereocenters. The molecular formula is C23H37IN4O3. The van der Waals surface area contributed by atoms with Crippen LogP contribution in [0.3, 0.4) is 0 Å². The minimum atomic E-state index is 0. The molecule has 1 aliphatic carbocycles. The number of para-hydroxylation sites is 1. The SMILES string of the molecule is CN=C(NCc1cccc(OC)c1OC1CCCC1)N1CCC(N2CCOCC2)C1.I. The molecular weight excluding hydrogens is 507 g/mol. The van der Waals surface area contributed by atoms with Gasteiger partial charge in [0.25, 0.3) is 0 Å². The number of morpholine rings is 1. The molecule has 0 aromatic heterocycles. The molecule has 8 heteroatoms. The van der Waals surface area contributed by atoms with E-state index < -0.39 is 0 Å². The number of aliphatic imine (C=N–C) groups is 1. The van der Waals surface area contributed by atoms with Crippen LogP contribution in [0.25, 0.3) is 0 Å². The summed E-state index contributed by atoms with van der Waals surface area (Å²) in [4.78, 5) is 9.49. The maximum Gasteiger partial charge on any atom is 0.193 e. The van der Waals surface area contributed by atoms with Crippen molar-refractivity contribution in [1.82, 2.24) is 15.1 Å². The van der Waals surface area contributed by atoms with Gasteiger partial charge in [-0.1, -0.05) is 12.1 Å². The first-order valence-electron chi connectivity index (χ1n) is 11.4. The Morgan fingerprint density at radius 2 is 1.94 bits per heavy atom. The predicted molar refractivity (Wildman–Crippen MR) is 134 cm³/mol. The maximum absolute atomic E-state index is 6.38. The molecule has 2 saturated heterocycles. The number of benzene rings is 1. The highest BCUT2D eigenvalue weighted by Gasteiger charge is 2.30. The van der Waals surface area contributed by atoms with Crippen LogP contribution in [-0.2, 0) is 11.3 Å². The molecule has 2 heterocycles. The molecule has 0 bridgehead atoms. The van der Waals surface area contributed by atoms with Gasteiger partial charge in [-0.3, -0.25) is 9.89 Å². The quantitative estimate of drug-likeness (QED) is 0.338. The highest BCUT2D eigenvalue weighted by Crippen LogP contribution is 2.34. The summed E-state index contributed by atoms with van der Waals surface area (Å²) in [7, 11) is 3.58. The summed E-state index contributed by atoms with van der Waals surface area (Å²) in [5, 5.41) is 3.56. The maximum atomic E-state index is 6.38. The van der Waals surface area contributed by atoms with Crippen LogP contribution in [0.2, 0.25) is 0 Å². The van der Waals surface area contributed by atoms with Crippen molar-refractivity contribution in [3.63, 3.8) is 0 Å². The van der Waals surface area contributed by atoms with Crippen molar-refractivity contribution in [3.05, 3.63) is 23.8 Å². The van der Waals surface area contributed by atoms with E-state index in [2.05, 4.69) is 26.2 Å². The number of methoxy groups -OCH3 is 1. The molecule has 7 nitrogen and oxygen atoms in total. The lowest BCUT2D eigenvalue weighted by Crippen LogP contribution is -2.46. The number of guanidine groups is 1. The van der Waals surface area contributed by atoms with Gasteiger partial charge in [0.2, 0.25) is 0 Å². The summed E-state index contributed by atoms with van der Waals surface area (Å²) in [6, 6.07) is 6.72. The molecule has 3 fully saturated rings. The second kappa shape index (κ2) is 12.1. The number of nitrogens with zero attached hydrogens (tertiary/aromatic N) is 3. The van der Waals surface area contributed by atoms with Crippen molar-refractivity contribution >= 4 is 29.9 Å². The third kappa shape index (κ3) is 6.16. The first kappa shape index (κ1) is 24.4. The molecule has 1 aromatic carbocycles. The number of nitrogens with one attached hydrogen (secondary N) is 1. The van der Waals surface area contributed by atoms with E-state index in [-0.39, 0.29) is 24.0 Å². The van der Waals surface area contributed by atoms with Gasteiger partial charge in [-0.15, -0.1) is 24.0 Å². The molecule has 1 N–H and O–H groups in total. The number of hydrogen-bond acceptors (Lipinski definition) is 5. The lowest BCUT2D eigenvalue weighted by atomic mass is 10.1. The number of rotatable bonds is 6. The smallest absolute Gasteiger partial charge is 0.193 e. The molecule has 0 amide bonds. The van der Waals surface area contributed by atoms with Crippen LogP contribution in [0.5, 0.6) is 11.5 Å². The Morgan fingerprint density at radius 3 is 2.65 bits per heavy atom. The van der Waals surface area contributed by atoms with Crippen molar-refractivity contribution in [2.45, 2.75) is 50.8 Å². The molecule has 0 spiro atoms. The van der Waals surface area contributed by atoms with E-state index in [0.717, 1.165) is 75.3 Å². The molecule has 3 aliphatic rings. The lowest BCUT2D eigenvalue weighted by Gasteiger charge is -2.32. The summed E-state index contributed by atoms with van der Waals surface area (Å²) in [5.74, 6) is 2.65. The number of halogens is 1. The molecule has 1 aromatic rings. The van der Waals surface area contributed by atoms with Crippen LogP contribution >= 0.6 is 24.0 Å². The van der Waals surface area contributed by atoms with Crippen LogP contribution in [0, 0.1) is 0 Å². The van der Waals surface area contributed by atoms with Gasteiger partial charge in [0.1, 0.15) is 0 Å². The molecule has 0 radical (unpaired) electrons. The molecule has 174 valence electrons. The first-order valence-corrected chi connectivity index (χ1v) is 11.4. The van der Waals surface area contributed by atoms with Crippen LogP contribution in [0.15, 0.2) is 23.2 Å². The fourth-order valence-electron chi connectivity index (χ4n) is 4.85. The summed E-state index contributed by atoms with van der Waals surface area (Å²) in [5.41, 5.74) is 1.12. The first-order chi connectivity index (χ1) is 14.8. The fraction of sp³-hybridized carbons (Fsp3) is 0.696. The van der Waals surface area contributed by atoms with E-state index in [0.29, 0.717) is 18.7 Å². The Morgan fingerprint density at radius 1 is 1.16 bits per heavy atom. The van der Waals surface area contributed by atoms with Crippen LogP contribution in [-0.4, -0.2) is 81.5 Å². The van der Waals surface area contributed by atoms with Gasteiger partial charge < -0.3 is 24.4 Å². The van der Waals surface area contributed by atoms with E-state index in [1.54, 1.807) is 7.11 Å². The molecule has 1 unspecified atom stereocenters. The topological polar surface area (TPSA) is 58.6 Å². The Kier molecular flexibility index (Phi) is 9.52. The second-order valence-electron chi connectivity index (χ2n) is 8.41. The number of hydrogen-bond donors (Lipinski definition) is 1. The number of ether oxygens (including phenoxy) is 3. The van der Waals surface area contributed by atoms with Gasteiger partial charge in [-0.25, -0.2) is 0 Å². The molecule has 4 rings (SSSR count). The van der Waals surface area contributed by atoms with Crippen molar-refractivity contribution < 1.29 is 14.2 Å². The summed E-state index contributed by atoms with van der Waals surface area (Å²) < 4.78 is 17.5. The summed E-state index contributed by atoms with van der Waals surface area (Å²) in [6.07, 6.45) is 6.23. The van der Waals surface area contributed by atoms with Gasteiger partial charge in [0.05, 0.1) is 26.4 Å². The van der Waals surface area contributed by atoms with Crippen molar-refractivity contribution in [1.29, 1.82) is 0 Å². The highest BCUT2D eigenvalue weighted by atomic mass is 127.